The Bertz CT molecular complexity index is 774. The van der Waals surface area contributed by atoms with Crippen LogP contribution in [0.15, 0.2) is 48.5 Å². The van der Waals surface area contributed by atoms with Gasteiger partial charge in [0.15, 0.2) is 0 Å². The van der Waals surface area contributed by atoms with Crippen LogP contribution in [0, 0.1) is 6.92 Å². The van der Waals surface area contributed by atoms with Gasteiger partial charge in [0.2, 0.25) is 0 Å². The highest BCUT2D eigenvalue weighted by molar-refractivity contribution is 6.40. The van der Waals surface area contributed by atoms with Gasteiger partial charge in [0.1, 0.15) is 0 Å². The van der Waals surface area contributed by atoms with E-state index in [1.165, 1.54) is 4.90 Å². The lowest BCUT2D eigenvalue weighted by molar-refractivity contribution is -0.137. The number of nitrogens with zero attached hydrogens (tertiary/aromatic N) is 1. The van der Waals surface area contributed by atoms with Gasteiger partial charge < -0.3 is 15.3 Å². The number of anilines is 1. The Kier molecular flexibility index (Phi) is 5.14. The van der Waals surface area contributed by atoms with Gasteiger partial charge in [-0.2, -0.15) is 0 Å². The number of aliphatic hydroxyl groups is 1. The number of fused-ring (bicyclic) bond motifs is 1. The van der Waals surface area contributed by atoms with E-state index in [9.17, 15) is 14.7 Å². The molecule has 25 heavy (non-hydrogen) atoms. The summed E-state index contributed by atoms with van der Waals surface area (Å²) in [5.41, 5.74) is 3.89. The van der Waals surface area contributed by atoms with Crippen LogP contribution in [-0.4, -0.2) is 30.0 Å². The van der Waals surface area contributed by atoms with Crippen LogP contribution in [0.2, 0.25) is 0 Å². The van der Waals surface area contributed by atoms with Crippen molar-refractivity contribution in [3.05, 3.63) is 65.2 Å². The van der Waals surface area contributed by atoms with E-state index in [2.05, 4.69) is 5.32 Å². The van der Waals surface area contributed by atoms with Gasteiger partial charge in [-0.15, -0.1) is 0 Å². The molecule has 0 aromatic heterocycles. The smallest absolute Gasteiger partial charge is 0.316 e. The molecule has 1 heterocycles. The molecule has 0 radical (unpaired) electrons. The highest BCUT2D eigenvalue weighted by Gasteiger charge is 2.29. The Labute approximate surface area is 147 Å². The number of amides is 2. The molecule has 1 aliphatic heterocycles. The molecule has 130 valence electrons. The van der Waals surface area contributed by atoms with E-state index in [0.717, 1.165) is 28.8 Å². The highest BCUT2D eigenvalue weighted by Crippen LogP contribution is 2.30. The zero-order valence-electron chi connectivity index (χ0n) is 14.2. The second-order valence-electron chi connectivity index (χ2n) is 6.25. The molecule has 0 spiro atoms. The molecule has 1 unspecified atom stereocenters. The molecule has 1 aliphatic rings. The molecule has 2 aromatic rings. The first-order valence-electron chi connectivity index (χ1n) is 8.49. The molecule has 5 nitrogen and oxygen atoms in total. The summed E-state index contributed by atoms with van der Waals surface area (Å²) in [4.78, 5) is 26.1. The van der Waals surface area contributed by atoms with Crippen LogP contribution in [0.1, 0.15) is 29.2 Å². The van der Waals surface area contributed by atoms with Crippen LogP contribution in [-0.2, 0) is 16.0 Å². The van der Waals surface area contributed by atoms with Gasteiger partial charge in [0.05, 0.1) is 6.10 Å². The fourth-order valence-corrected chi connectivity index (χ4v) is 3.18. The van der Waals surface area contributed by atoms with Crippen molar-refractivity contribution < 1.29 is 14.7 Å². The number of rotatable bonds is 4. The van der Waals surface area contributed by atoms with Crippen molar-refractivity contribution in [3.8, 4) is 0 Å². The standard InChI is InChI=1S/C20H22N2O3/c1-14-6-5-9-17-16(14)11-13-22(17)20(25)19(24)21-12-10-18(23)15-7-3-2-4-8-15/h2-9,18,23H,10-13H2,1H3,(H,21,24). The number of hydrogen-bond donors (Lipinski definition) is 2. The Hall–Kier alpha value is -2.66. The molecule has 0 aliphatic carbocycles. The monoisotopic (exact) mass is 338 g/mol. The summed E-state index contributed by atoms with van der Waals surface area (Å²) in [7, 11) is 0. The number of aliphatic hydroxyl groups excluding tert-OH is 1. The molecule has 1 atom stereocenters. The molecular formula is C20H22N2O3. The van der Waals surface area contributed by atoms with Crippen LogP contribution in [0.25, 0.3) is 0 Å². The van der Waals surface area contributed by atoms with E-state index >= 15 is 0 Å². The molecule has 0 saturated heterocycles. The maximum atomic E-state index is 12.4. The molecular weight excluding hydrogens is 316 g/mol. The minimum Gasteiger partial charge on any atom is -0.388 e. The first-order chi connectivity index (χ1) is 12.1. The molecule has 0 fully saturated rings. The lowest BCUT2D eigenvalue weighted by Gasteiger charge is -2.17. The summed E-state index contributed by atoms with van der Waals surface area (Å²) in [5, 5.41) is 12.7. The van der Waals surface area contributed by atoms with E-state index in [-0.39, 0.29) is 6.54 Å². The minimum atomic E-state index is -0.660. The van der Waals surface area contributed by atoms with Crippen LogP contribution >= 0.6 is 0 Å². The average molecular weight is 338 g/mol. The molecule has 2 amide bonds. The van der Waals surface area contributed by atoms with Crippen molar-refractivity contribution in [3.63, 3.8) is 0 Å². The normalized spacial score (nSPS) is 14.1. The molecule has 2 N–H and O–H groups in total. The number of carbonyl (C=O) groups excluding carboxylic acids is 2. The summed E-state index contributed by atoms with van der Waals surface area (Å²) in [6, 6.07) is 15.0. The lowest BCUT2D eigenvalue weighted by atomic mass is 10.1. The Morgan fingerprint density at radius 1 is 1.16 bits per heavy atom. The highest BCUT2D eigenvalue weighted by atomic mass is 16.3. The molecule has 3 rings (SSSR count). The van der Waals surface area contributed by atoms with Crippen molar-refractivity contribution in [2.24, 2.45) is 0 Å². The number of benzene rings is 2. The van der Waals surface area contributed by atoms with Crippen molar-refractivity contribution >= 4 is 17.5 Å². The van der Waals surface area contributed by atoms with Crippen molar-refractivity contribution in [2.75, 3.05) is 18.0 Å². The van der Waals surface area contributed by atoms with Crippen molar-refractivity contribution in [1.82, 2.24) is 5.32 Å². The number of hydrogen-bond acceptors (Lipinski definition) is 3. The third-order valence-electron chi connectivity index (χ3n) is 4.59. The molecule has 2 aromatic carbocycles. The topological polar surface area (TPSA) is 69.6 Å². The second kappa shape index (κ2) is 7.49. The number of carbonyl (C=O) groups is 2. The largest absolute Gasteiger partial charge is 0.388 e. The van der Waals surface area contributed by atoms with Crippen LogP contribution in [0.3, 0.4) is 0 Å². The van der Waals surface area contributed by atoms with Crippen LogP contribution in [0.5, 0.6) is 0 Å². The molecule has 0 bridgehead atoms. The average Bonchev–Trinajstić information content (AvgIpc) is 3.07. The number of nitrogens with one attached hydrogen (secondary N) is 1. The zero-order chi connectivity index (χ0) is 17.8. The van der Waals surface area contributed by atoms with E-state index in [0.29, 0.717) is 13.0 Å². The second-order valence-corrected chi connectivity index (χ2v) is 6.25. The van der Waals surface area contributed by atoms with Crippen LogP contribution < -0.4 is 10.2 Å². The Morgan fingerprint density at radius 2 is 1.92 bits per heavy atom. The summed E-state index contributed by atoms with van der Waals surface area (Å²) in [6.07, 6.45) is 0.471. The maximum absolute atomic E-state index is 12.4. The van der Waals surface area contributed by atoms with Crippen molar-refractivity contribution in [2.45, 2.75) is 25.9 Å². The summed E-state index contributed by atoms with van der Waals surface area (Å²) < 4.78 is 0. The third-order valence-corrected chi connectivity index (χ3v) is 4.59. The van der Waals surface area contributed by atoms with Gasteiger partial charge in [-0.3, -0.25) is 9.59 Å². The quantitative estimate of drug-likeness (QED) is 0.839. The van der Waals surface area contributed by atoms with E-state index in [1.54, 1.807) is 0 Å². The summed E-state index contributed by atoms with van der Waals surface area (Å²) in [5.74, 6) is -1.17. The Balaban J connectivity index is 1.54. The van der Waals surface area contributed by atoms with Gasteiger partial charge in [-0.1, -0.05) is 42.5 Å². The SMILES string of the molecule is Cc1cccc2c1CCN2C(=O)C(=O)NCCC(O)c1ccccc1. The van der Waals surface area contributed by atoms with Gasteiger partial charge in [0.25, 0.3) is 0 Å². The maximum Gasteiger partial charge on any atom is 0.316 e. The molecule has 5 heteroatoms. The summed E-state index contributed by atoms with van der Waals surface area (Å²) in [6.45, 7) is 2.78. The third kappa shape index (κ3) is 3.72. The fourth-order valence-electron chi connectivity index (χ4n) is 3.18. The number of aryl methyl sites for hydroxylation is 1. The van der Waals surface area contributed by atoms with E-state index in [1.807, 2.05) is 55.5 Å². The van der Waals surface area contributed by atoms with Crippen molar-refractivity contribution in [1.29, 1.82) is 0 Å². The molecule has 0 saturated carbocycles. The van der Waals surface area contributed by atoms with Gasteiger partial charge in [-0.25, -0.2) is 0 Å². The van der Waals surface area contributed by atoms with Crippen LogP contribution in [0.4, 0.5) is 5.69 Å². The summed E-state index contributed by atoms with van der Waals surface area (Å²) >= 11 is 0. The van der Waals surface area contributed by atoms with Gasteiger partial charge in [-0.05, 0) is 42.5 Å². The predicted octanol–water partition coefficient (Wildman–Crippen LogP) is 2.12. The Morgan fingerprint density at radius 3 is 2.68 bits per heavy atom. The zero-order valence-corrected chi connectivity index (χ0v) is 14.2. The predicted molar refractivity (Wildman–Crippen MR) is 96.3 cm³/mol. The van der Waals surface area contributed by atoms with E-state index in [4.69, 9.17) is 0 Å². The lowest BCUT2D eigenvalue weighted by Crippen LogP contribution is -2.42. The van der Waals surface area contributed by atoms with Gasteiger partial charge in [0, 0.05) is 18.8 Å². The first-order valence-corrected chi connectivity index (χ1v) is 8.49. The van der Waals surface area contributed by atoms with E-state index < -0.39 is 17.9 Å². The van der Waals surface area contributed by atoms with Gasteiger partial charge >= 0.3 is 11.8 Å². The first kappa shape index (κ1) is 17.2. The minimum absolute atomic E-state index is 0.245. The fraction of sp³-hybridized carbons (Fsp3) is 0.300.